The molecule has 9 nitrogen and oxygen atoms in total. The Morgan fingerprint density at radius 2 is 2.00 bits per heavy atom. The number of fused-ring (bicyclic) bond motifs is 1. The molecule has 0 bridgehead atoms. The first-order valence-electron chi connectivity index (χ1n) is 12.6. The van der Waals surface area contributed by atoms with Crippen LogP contribution >= 0.6 is 0 Å². The minimum atomic E-state index is -1.31. The molecule has 2 fully saturated rings. The van der Waals surface area contributed by atoms with Crippen molar-refractivity contribution in [3.8, 4) is 17.0 Å². The minimum Gasteiger partial charge on any atom is -0.467 e. The number of hydrogen-bond acceptors (Lipinski definition) is 6. The third-order valence-corrected chi connectivity index (χ3v) is 9.03. The summed E-state index contributed by atoms with van der Waals surface area (Å²) in [4.78, 5) is 18.7. The average molecular weight is 542 g/mol. The highest BCUT2D eigenvalue weighted by Crippen LogP contribution is 2.50. The number of nitrogens with one attached hydrogen (secondary N) is 1. The molecule has 1 aliphatic carbocycles. The van der Waals surface area contributed by atoms with Gasteiger partial charge in [0.05, 0.1) is 29.2 Å². The predicted molar refractivity (Wildman–Crippen MR) is 147 cm³/mol. The van der Waals surface area contributed by atoms with E-state index in [1.165, 1.54) is 0 Å². The number of pyridine rings is 1. The van der Waals surface area contributed by atoms with Gasteiger partial charge in [-0.05, 0) is 61.6 Å². The van der Waals surface area contributed by atoms with Crippen LogP contribution in [0.4, 0.5) is 5.82 Å². The van der Waals surface area contributed by atoms with Gasteiger partial charge in [0.25, 0.3) is 0 Å². The number of aliphatic hydroxyl groups is 1. The first-order valence-corrected chi connectivity index (χ1v) is 13.7. The molecule has 1 amide bonds. The highest BCUT2D eigenvalue weighted by molar-refractivity contribution is 7.82. The van der Waals surface area contributed by atoms with E-state index in [2.05, 4.69) is 10.3 Å². The molecule has 2 atom stereocenters. The molecule has 6 rings (SSSR count). The maximum absolute atomic E-state index is 13.3. The molecular weight excluding hydrogens is 506 g/mol. The van der Waals surface area contributed by atoms with Crippen LogP contribution in [0.25, 0.3) is 11.3 Å². The molecule has 1 saturated carbocycles. The van der Waals surface area contributed by atoms with E-state index in [1.807, 2.05) is 58.9 Å². The summed E-state index contributed by atoms with van der Waals surface area (Å²) in [6.07, 6.45) is 3.36. The fraction of sp³-hybridized carbons (Fsp3) is 0.357. The molecule has 4 N–H and O–H groups in total. The van der Waals surface area contributed by atoms with Gasteiger partial charge in [-0.3, -0.25) is 4.79 Å². The first-order chi connectivity index (χ1) is 18.1. The van der Waals surface area contributed by atoms with E-state index >= 15 is 0 Å². The van der Waals surface area contributed by atoms with Gasteiger partial charge in [-0.2, -0.15) is 0 Å². The van der Waals surface area contributed by atoms with Crippen LogP contribution in [-0.4, -0.2) is 56.0 Å². The van der Waals surface area contributed by atoms with Crippen LogP contribution < -0.4 is 10.1 Å². The molecule has 1 unspecified atom stereocenters. The number of aromatic nitrogens is 1. The number of nitrogens with zero attached hydrogens (tertiary/aromatic N) is 2. The number of anilines is 1. The van der Waals surface area contributed by atoms with Crippen molar-refractivity contribution >= 4 is 22.7 Å². The predicted octanol–water partition coefficient (Wildman–Crippen LogP) is 3.43. The van der Waals surface area contributed by atoms with Gasteiger partial charge in [0.1, 0.15) is 22.6 Å². The number of carbonyl (C=O) groups excluding carboxylic acids is 1. The summed E-state index contributed by atoms with van der Waals surface area (Å²) in [6, 6.07) is 18.9. The van der Waals surface area contributed by atoms with Gasteiger partial charge >= 0.3 is 0 Å². The summed E-state index contributed by atoms with van der Waals surface area (Å²) in [5.41, 5.74) is 2.96. The minimum absolute atomic E-state index is 0. The Hall–Kier alpha value is -3.15. The van der Waals surface area contributed by atoms with Gasteiger partial charge in [0.15, 0.2) is 6.79 Å². The number of amides is 1. The van der Waals surface area contributed by atoms with Crippen molar-refractivity contribution in [1.29, 1.82) is 0 Å². The van der Waals surface area contributed by atoms with Crippen molar-refractivity contribution in [3.05, 3.63) is 71.8 Å². The Morgan fingerprint density at radius 3 is 2.76 bits per heavy atom. The van der Waals surface area contributed by atoms with E-state index in [-0.39, 0.29) is 33.7 Å². The van der Waals surface area contributed by atoms with Crippen LogP contribution in [0.15, 0.2) is 65.6 Å². The molecule has 3 heterocycles. The Labute approximate surface area is 226 Å². The highest BCUT2D eigenvalue weighted by Gasteiger charge is 2.51. The van der Waals surface area contributed by atoms with Crippen molar-refractivity contribution in [2.24, 2.45) is 0 Å². The average Bonchev–Trinajstić information content (AvgIpc) is 3.63. The standard InChI is InChI=1S/C28H29N3O5S.H2O.2H2/c32-16-22-3-2-14-31(22)37(34)23-10-7-19(8-11-23)24-4-1-5-26(29-24)30-27(33)28(12-13-28)21-9-6-20-17-35-18-36-25(20)15-21;;;/h1,4-11,15,22,32H,2-3,12-14,16-18H2,(H,29,30,33);1H2;2*1H/t22-,37?;;;/m1.../s1. The van der Waals surface area contributed by atoms with E-state index in [0.29, 0.717) is 17.3 Å². The summed E-state index contributed by atoms with van der Waals surface area (Å²) in [6.45, 7) is 1.48. The van der Waals surface area contributed by atoms with Crippen molar-refractivity contribution in [3.63, 3.8) is 0 Å². The van der Waals surface area contributed by atoms with Crippen molar-refractivity contribution in [1.82, 2.24) is 9.29 Å². The van der Waals surface area contributed by atoms with Crippen LogP contribution in [0.1, 0.15) is 39.7 Å². The van der Waals surface area contributed by atoms with Gasteiger partial charge in [-0.15, -0.1) is 0 Å². The fourth-order valence-electron chi connectivity index (χ4n) is 5.12. The lowest BCUT2D eigenvalue weighted by Gasteiger charge is -2.21. The summed E-state index contributed by atoms with van der Waals surface area (Å²) in [5.74, 6) is 1.20. The van der Waals surface area contributed by atoms with Crippen LogP contribution in [0, 0.1) is 0 Å². The third kappa shape index (κ3) is 4.97. The number of carbonyl (C=O) groups is 1. The topological polar surface area (TPSA) is 132 Å². The summed E-state index contributed by atoms with van der Waals surface area (Å²) >= 11 is 0. The maximum Gasteiger partial charge on any atom is 0.236 e. The molecule has 2 aromatic carbocycles. The van der Waals surface area contributed by atoms with Crippen molar-refractivity contribution < 1.29 is 31.9 Å². The van der Waals surface area contributed by atoms with E-state index in [1.54, 1.807) is 6.07 Å². The third-order valence-electron chi connectivity index (χ3n) is 7.45. The smallest absolute Gasteiger partial charge is 0.236 e. The van der Waals surface area contributed by atoms with E-state index in [0.717, 1.165) is 60.4 Å². The quantitative estimate of drug-likeness (QED) is 0.471. The second-order valence-corrected chi connectivity index (χ2v) is 11.2. The lowest BCUT2D eigenvalue weighted by molar-refractivity contribution is -0.118. The second kappa shape index (κ2) is 10.9. The Balaban J connectivity index is 0.00000147. The molecule has 1 saturated heterocycles. The van der Waals surface area contributed by atoms with Crippen LogP contribution in [0.2, 0.25) is 0 Å². The van der Waals surface area contributed by atoms with Crippen LogP contribution in [0.5, 0.6) is 5.75 Å². The Kier molecular flexibility index (Phi) is 7.60. The molecule has 3 aliphatic rings. The van der Waals surface area contributed by atoms with Gasteiger partial charge in [-0.25, -0.2) is 13.5 Å². The summed E-state index contributed by atoms with van der Waals surface area (Å²) in [7, 11) is -1.31. The fourth-order valence-corrected chi connectivity index (χ4v) is 6.50. The van der Waals surface area contributed by atoms with Crippen molar-refractivity contribution in [2.75, 3.05) is 25.3 Å². The lowest BCUT2D eigenvalue weighted by Crippen LogP contribution is -2.33. The molecule has 0 spiro atoms. The zero-order valence-electron chi connectivity index (χ0n) is 20.9. The Morgan fingerprint density at radius 1 is 1.18 bits per heavy atom. The summed E-state index contributed by atoms with van der Waals surface area (Å²) in [5, 5.41) is 12.6. The number of ether oxygens (including phenoxy) is 2. The largest absolute Gasteiger partial charge is 0.467 e. The lowest BCUT2D eigenvalue weighted by atomic mass is 9.93. The molecule has 10 heteroatoms. The van der Waals surface area contributed by atoms with Crippen LogP contribution in [-0.2, 0) is 32.5 Å². The molecule has 3 aromatic rings. The van der Waals surface area contributed by atoms with Gasteiger partial charge in [-0.1, -0.05) is 30.3 Å². The second-order valence-electron chi connectivity index (χ2n) is 9.77. The zero-order valence-corrected chi connectivity index (χ0v) is 21.7. The number of rotatable bonds is 7. The van der Waals surface area contributed by atoms with Gasteiger partial charge < -0.3 is 25.4 Å². The molecule has 38 heavy (non-hydrogen) atoms. The number of hydrogen-bond donors (Lipinski definition) is 2. The molecular formula is C28H35N3O6S. The van der Waals surface area contributed by atoms with Gasteiger partial charge in [0.2, 0.25) is 5.91 Å². The molecule has 0 radical (unpaired) electrons. The van der Waals surface area contributed by atoms with E-state index in [4.69, 9.17) is 9.47 Å². The van der Waals surface area contributed by atoms with E-state index in [9.17, 15) is 14.1 Å². The van der Waals surface area contributed by atoms with Gasteiger partial charge in [0, 0.05) is 26.6 Å². The zero-order chi connectivity index (χ0) is 25.4. The maximum atomic E-state index is 13.3. The van der Waals surface area contributed by atoms with Crippen LogP contribution in [0.3, 0.4) is 0 Å². The molecule has 204 valence electrons. The monoisotopic (exact) mass is 541 g/mol. The van der Waals surface area contributed by atoms with E-state index < -0.39 is 16.4 Å². The first kappa shape index (κ1) is 26.5. The SMILES string of the molecule is O.O=C(Nc1cccc(-c2ccc(S(=O)N3CCC[C@@H]3CO)cc2)n1)C1(c2ccc3c(c2)OCOC3)CC1.[HH].[HH]. The number of aliphatic hydroxyl groups excluding tert-OH is 1. The molecule has 2 aliphatic heterocycles. The highest BCUT2D eigenvalue weighted by atomic mass is 32.2. The Bertz CT molecular complexity index is 1360. The van der Waals surface area contributed by atoms with Crippen molar-refractivity contribution in [2.45, 2.75) is 48.6 Å². The summed E-state index contributed by atoms with van der Waals surface area (Å²) < 4.78 is 25.8. The normalized spacial score (nSPS) is 20.5. The number of benzene rings is 2. The molecule has 1 aromatic heterocycles.